The Bertz CT molecular complexity index is 320. The maximum absolute atomic E-state index is 10.8. The standard InChI is InChI=1S/C6H6N2O3S/c1-11-6(10)3-2-8-5(12-3)4(7)9/h2H,1H3,(H2,7,9). The number of amides is 1. The summed E-state index contributed by atoms with van der Waals surface area (Å²) in [6.45, 7) is 0. The van der Waals surface area contributed by atoms with Crippen molar-refractivity contribution in [1.29, 1.82) is 0 Å². The van der Waals surface area contributed by atoms with E-state index in [-0.39, 0.29) is 9.88 Å². The van der Waals surface area contributed by atoms with Gasteiger partial charge in [-0.25, -0.2) is 9.78 Å². The molecule has 1 aromatic heterocycles. The summed E-state index contributed by atoms with van der Waals surface area (Å²) in [7, 11) is 1.26. The molecule has 0 saturated carbocycles. The molecule has 0 aliphatic heterocycles. The number of nitrogens with two attached hydrogens (primary N) is 1. The van der Waals surface area contributed by atoms with Gasteiger partial charge in [0.25, 0.3) is 5.91 Å². The van der Waals surface area contributed by atoms with E-state index in [0.717, 1.165) is 11.3 Å². The van der Waals surface area contributed by atoms with Gasteiger partial charge in [0, 0.05) is 0 Å². The molecule has 0 atom stereocenters. The lowest BCUT2D eigenvalue weighted by molar-refractivity contribution is 0.0606. The van der Waals surface area contributed by atoms with Crippen LogP contribution < -0.4 is 5.73 Å². The van der Waals surface area contributed by atoms with Crippen LogP contribution in [0.2, 0.25) is 0 Å². The van der Waals surface area contributed by atoms with Gasteiger partial charge in [-0.2, -0.15) is 0 Å². The Labute approximate surface area is 72.2 Å². The summed E-state index contributed by atoms with van der Waals surface area (Å²) < 4.78 is 4.41. The number of hydrogen-bond acceptors (Lipinski definition) is 5. The molecule has 1 aromatic rings. The lowest BCUT2D eigenvalue weighted by atomic mass is 10.6. The fourth-order valence-electron chi connectivity index (χ4n) is 0.583. The monoisotopic (exact) mass is 186 g/mol. The molecule has 0 aromatic carbocycles. The number of aromatic nitrogens is 1. The number of hydrogen-bond donors (Lipinski definition) is 1. The van der Waals surface area contributed by atoms with Crippen LogP contribution in [0.5, 0.6) is 0 Å². The SMILES string of the molecule is COC(=O)c1cnc(C(N)=O)s1. The summed E-state index contributed by atoms with van der Waals surface area (Å²) in [5, 5.41) is 0.107. The zero-order valence-electron chi connectivity index (χ0n) is 6.23. The van der Waals surface area contributed by atoms with Gasteiger partial charge in [-0.15, -0.1) is 11.3 Å². The molecular formula is C6H6N2O3S. The van der Waals surface area contributed by atoms with E-state index in [1.807, 2.05) is 0 Å². The molecule has 6 heteroatoms. The van der Waals surface area contributed by atoms with E-state index in [1.54, 1.807) is 0 Å². The van der Waals surface area contributed by atoms with Crippen LogP contribution in [0, 0.1) is 0 Å². The second kappa shape index (κ2) is 3.31. The molecule has 0 radical (unpaired) electrons. The first-order chi connectivity index (χ1) is 5.65. The average molecular weight is 186 g/mol. The van der Waals surface area contributed by atoms with Crippen LogP contribution in [0.15, 0.2) is 6.20 Å². The highest BCUT2D eigenvalue weighted by atomic mass is 32.1. The largest absolute Gasteiger partial charge is 0.465 e. The molecule has 1 heterocycles. The minimum atomic E-state index is -0.643. The lowest BCUT2D eigenvalue weighted by Gasteiger charge is -1.90. The van der Waals surface area contributed by atoms with Gasteiger partial charge in [-0.3, -0.25) is 4.79 Å². The van der Waals surface area contributed by atoms with E-state index in [2.05, 4.69) is 9.72 Å². The Kier molecular flexibility index (Phi) is 2.39. The molecule has 0 bridgehead atoms. The van der Waals surface area contributed by atoms with E-state index in [9.17, 15) is 9.59 Å². The molecule has 0 saturated heterocycles. The van der Waals surface area contributed by atoms with Crippen LogP contribution in [0.3, 0.4) is 0 Å². The minimum Gasteiger partial charge on any atom is -0.465 e. The quantitative estimate of drug-likeness (QED) is 0.660. The first-order valence-corrected chi connectivity index (χ1v) is 3.80. The van der Waals surface area contributed by atoms with Gasteiger partial charge in [0.05, 0.1) is 13.3 Å². The minimum absolute atomic E-state index is 0.107. The van der Waals surface area contributed by atoms with Gasteiger partial charge in [0.1, 0.15) is 4.88 Å². The number of nitrogens with zero attached hydrogens (tertiary/aromatic N) is 1. The van der Waals surface area contributed by atoms with Gasteiger partial charge >= 0.3 is 5.97 Å². The van der Waals surface area contributed by atoms with E-state index >= 15 is 0 Å². The third-order valence-electron chi connectivity index (χ3n) is 1.10. The number of ether oxygens (including phenoxy) is 1. The number of esters is 1. The number of rotatable bonds is 2. The van der Waals surface area contributed by atoms with E-state index in [0.29, 0.717) is 0 Å². The molecule has 0 aliphatic rings. The van der Waals surface area contributed by atoms with E-state index in [1.165, 1.54) is 13.3 Å². The number of primary amides is 1. The lowest BCUT2D eigenvalue weighted by Crippen LogP contribution is -2.09. The Hall–Kier alpha value is -1.43. The van der Waals surface area contributed by atoms with Gasteiger partial charge in [-0.05, 0) is 0 Å². The summed E-state index contributed by atoms with van der Waals surface area (Å²) in [6, 6.07) is 0. The molecule has 64 valence electrons. The maximum atomic E-state index is 10.8. The van der Waals surface area contributed by atoms with Crippen LogP contribution in [-0.4, -0.2) is 24.0 Å². The van der Waals surface area contributed by atoms with Crippen molar-refractivity contribution < 1.29 is 14.3 Å². The van der Waals surface area contributed by atoms with Crippen molar-refractivity contribution in [2.75, 3.05) is 7.11 Å². The highest BCUT2D eigenvalue weighted by Gasteiger charge is 2.12. The molecular weight excluding hydrogens is 180 g/mol. The summed E-state index contributed by atoms with van der Waals surface area (Å²) in [4.78, 5) is 25.3. The van der Waals surface area contributed by atoms with Crippen LogP contribution in [0.4, 0.5) is 0 Å². The number of thiazole rings is 1. The van der Waals surface area contributed by atoms with Crippen molar-refractivity contribution in [3.63, 3.8) is 0 Å². The third kappa shape index (κ3) is 1.59. The van der Waals surface area contributed by atoms with Gasteiger partial charge in [0.2, 0.25) is 0 Å². The Balaban J connectivity index is 2.91. The van der Waals surface area contributed by atoms with Gasteiger partial charge < -0.3 is 10.5 Å². The smallest absolute Gasteiger partial charge is 0.349 e. The van der Waals surface area contributed by atoms with Crippen molar-refractivity contribution in [2.24, 2.45) is 5.73 Å². The predicted octanol–water partition coefficient (Wildman–Crippen LogP) is 0.0286. The first kappa shape index (κ1) is 8.66. The number of carbonyl (C=O) groups is 2. The van der Waals surface area contributed by atoms with Crippen molar-refractivity contribution in [3.05, 3.63) is 16.1 Å². The number of carbonyl (C=O) groups excluding carboxylic acids is 2. The molecule has 1 amide bonds. The zero-order valence-corrected chi connectivity index (χ0v) is 7.05. The molecule has 0 fully saturated rings. The Morgan fingerprint density at radius 1 is 1.67 bits per heavy atom. The second-order valence-corrected chi connectivity index (χ2v) is 2.92. The van der Waals surface area contributed by atoms with Crippen LogP contribution in [0.1, 0.15) is 19.5 Å². The molecule has 0 spiro atoms. The Morgan fingerprint density at radius 2 is 2.33 bits per heavy atom. The molecule has 5 nitrogen and oxygen atoms in total. The van der Waals surface area contributed by atoms with Crippen LogP contribution in [0.25, 0.3) is 0 Å². The summed E-state index contributed by atoms with van der Waals surface area (Å²) in [5.74, 6) is -1.16. The topological polar surface area (TPSA) is 82.3 Å². The highest BCUT2D eigenvalue weighted by Crippen LogP contribution is 2.12. The second-order valence-electron chi connectivity index (χ2n) is 1.89. The Morgan fingerprint density at radius 3 is 2.75 bits per heavy atom. The van der Waals surface area contributed by atoms with Crippen molar-refractivity contribution >= 4 is 23.2 Å². The van der Waals surface area contributed by atoms with Gasteiger partial charge in [0.15, 0.2) is 5.01 Å². The zero-order chi connectivity index (χ0) is 9.14. The molecule has 1 rings (SSSR count). The summed E-state index contributed by atoms with van der Waals surface area (Å²) in [5.41, 5.74) is 4.93. The maximum Gasteiger partial charge on any atom is 0.349 e. The highest BCUT2D eigenvalue weighted by molar-refractivity contribution is 7.15. The molecule has 0 unspecified atom stereocenters. The number of methoxy groups -OCH3 is 1. The van der Waals surface area contributed by atoms with E-state index < -0.39 is 11.9 Å². The van der Waals surface area contributed by atoms with Crippen LogP contribution in [-0.2, 0) is 4.74 Å². The van der Waals surface area contributed by atoms with Crippen molar-refractivity contribution in [2.45, 2.75) is 0 Å². The third-order valence-corrected chi connectivity index (χ3v) is 2.09. The predicted molar refractivity (Wildman–Crippen MR) is 42.0 cm³/mol. The van der Waals surface area contributed by atoms with Crippen molar-refractivity contribution in [1.82, 2.24) is 4.98 Å². The average Bonchev–Trinajstić information content (AvgIpc) is 2.51. The molecule has 2 N–H and O–H groups in total. The first-order valence-electron chi connectivity index (χ1n) is 2.99. The fraction of sp³-hybridized carbons (Fsp3) is 0.167. The fourth-order valence-corrected chi connectivity index (χ4v) is 1.27. The molecule has 0 aliphatic carbocycles. The van der Waals surface area contributed by atoms with Gasteiger partial charge in [-0.1, -0.05) is 0 Å². The summed E-state index contributed by atoms with van der Waals surface area (Å²) in [6.07, 6.45) is 1.26. The van der Waals surface area contributed by atoms with Crippen LogP contribution >= 0.6 is 11.3 Å². The normalized spacial score (nSPS) is 9.42. The summed E-state index contributed by atoms with van der Waals surface area (Å²) >= 11 is 0.913. The van der Waals surface area contributed by atoms with Crippen molar-refractivity contribution in [3.8, 4) is 0 Å². The molecule has 12 heavy (non-hydrogen) atoms. The van der Waals surface area contributed by atoms with E-state index in [4.69, 9.17) is 5.73 Å².